The summed E-state index contributed by atoms with van der Waals surface area (Å²) in [7, 11) is 1.29. The van der Waals surface area contributed by atoms with Crippen molar-refractivity contribution in [1.29, 1.82) is 0 Å². The summed E-state index contributed by atoms with van der Waals surface area (Å²) in [6.07, 6.45) is 8.40. The standard InChI is InChI=1S/C29H32F4O/c1-3-18-4-9-20(10-5-18)23-15-14-22(26(30)27(23)31)13-8-19-6-11-21(12-7-19)24-16-17-25(34-2)29(33)28(24)32/h3,6-7,11-12,16-18,20,22-23H,1,4-5,8-10,13-15H2,2H3. The Labute approximate surface area is 199 Å². The molecular weight excluding hydrogens is 440 g/mol. The summed E-state index contributed by atoms with van der Waals surface area (Å²) in [4.78, 5) is 0. The highest BCUT2D eigenvalue weighted by molar-refractivity contribution is 5.65. The van der Waals surface area contributed by atoms with Crippen molar-refractivity contribution in [3.8, 4) is 16.9 Å². The van der Waals surface area contributed by atoms with Gasteiger partial charge in [0.05, 0.1) is 7.11 Å². The number of halogens is 4. The Morgan fingerprint density at radius 3 is 2.21 bits per heavy atom. The quantitative estimate of drug-likeness (QED) is 0.289. The van der Waals surface area contributed by atoms with E-state index < -0.39 is 29.2 Å². The minimum absolute atomic E-state index is 0.139. The van der Waals surface area contributed by atoms with Crippen LogP contribution in [-0.4, -0.2) is 7.11 Å². The van der Waals surface area contributed by atoms with Crippen LogP contribution in [0.4, 0.5) is 17.6 Å². The number of hydrogen-bond donors (Lipinski definition) is 0. The van der Waals surface area contributed by atoms with Crippen LogP contribution >= 0.6 is 0 Å². The van der Waals surface area contributed by atoms with E-state index in [4.69, 9.17) is 4.74 Å². The molecule has 0 aliphatic heterocycles. The van der Waals surface area contributed by atoms with Crippen molar-refractivity contribution < 1.29 is 22.3 Å². The van der Waals surface area contributed by atoms with Crippen LogP contribution in [0.25, 0.3) is 11.1 Å². The van der Waals surface area contributed by atoms with Crippen molar-refractivity contribution in [1.82, 2.24) is 0 Å². The molecule has 0 spiro atoms. The summed E-state index contributed by atoms with van der Waals surface area (Å²) in [6.45, 7) is 3.86. The first-order valence-electron chi connectivity index (χ1n) is 12.2. The molecule has 1 nitrogen and oxygen atoms in total. The normalized spacial score (nSPS) is 25.3. The maximum Gasteiger partial charge on any atom is 0.201 e. The van der Waals surface area contributed by atoms with Crippen LogP contribution in [0, 0.1) is 35.3 Å². The van der Waals surface area contributed by atoms with Gasteiger partial charge in [-0.05, 0) is 86.5 Å². The van der Waals surface area contributed by atoms with Crippen molar-refractivity contribution in [2.24, 2.45) is 23.7 Å². The molecular formula is C29H32F4O. The highest BCUT2D eigenvalue weighted by Gasteiger charge is 2.36. The number of benzene rings is 2. The monoisotopic (exact) mass is 472 g/mol. The third-order valence-electron chi connectivity index (χ3n) is 7.77. The highest BCUT2D eigenvalue weighted by Crippen LogP contribution is 2.46. The van der Waals surface area contributed by atoms with E-state index in [1.165, 1.54) is 19.2 Å². The largest absolute Gasteiger partial charge is 0.494 e. The van der Waals surface area contributed by atoms with E-state index in [9.17, 15) is 17.6 Å². The van der Waals surface area contributed by atoms with Gasteiger partial charge in [0, 0.05) is 17.4 Å². The molecule has 1 fully saturated rings. The third kappa shape index (κ3) is 5.08. The lowest BCUT2D eigenvalue weighted by Gasteiger charge is -2.35. The average Bonchev–Trinajstić information content (AvgIpc) is 2.87. The summed E-state index contributed by atoms with van der Waals surface area (Å²) >= 11 is 0. The van der Waals surface area contributed by atoms with Crippen molar-refractivity contribution >= 4 is 0 Å². The molecule has 0 amide bonds. The second kappa shape index (κ2) is 10.8. The summed E-state index contributed by atoms with van der Waals surface area (Å²) in [6, 6.07) is 9.99. The minimum atomic E-state index is -1.02. The van der Waals surface area contributed by atoms with Crippen LogP contribution in [0.3, 0.4) is 0 Å². The molecule has 0 aromatic heterocycles. The van der Waals surface area contributed by atoms with Gasteiger partial charge in [0.2, 0.25) is 5.82 Å². The molecule has 0 saturated heterocycles. The van der Waals surface area contributed by atoms with Crippen LogP contribution in [0.15, 0.2) is 60.7 Å². The lowest BCUT2D eigenvalue weighted by Crippen LogP contribution is -2.26. The minimum Gasteiger partial charge on any atom is -0.494 e. The van der Waals surface area contributed by atoms with Crippen molar-refractivity contribution in [2.45, 2.75) is 51.4 Å². The fraction of sp³-hybridized carbons (Fsp3) is 0.448. The van der Waals surface area contributed by atoms with Gasteiger partial charge in [-0.1, -0.05) is 30.3 Å². The van der Waals surface area contributed by atoms with Gasteiger partial charge in [0.1, 0.15) is 11.7 Å². The summed E-state index contributed by atoms with van der Waals surface area (Å²) < 4.78 is 63.1. The predicted molar refractivity (Wildman–Crippen MR) is 128 cm³/mol. The van der Waals surface area contributed by atoms with Gasteiger partial charge >= 0.3 is 0 Å². The van der Waals surface area contributed by atoms with Crippen LogP contribution < -0.4 is 4.74 Å². The molecule has 2 aliphatic carbocycles. The van der Waals surface area contributed by atoms with Gasteiger partial charge in [-0.2, -0.15) is 4.39 Å². The lowest BCUT2D eigenvalue weighted by atomic mass is 9.70. The van der Waals surface area contributed by atoms with Crippen molar-refractivity contribution in [2.75, 3.05) is 7.11 Å². The van der Waals surface area contributed by atoms with E-state index in [1.54, 1.807) is 12.1 Å². The molecule has 4 rings (SSSR count). The Hall–Kier alpha value is -2.56. The zero-order valence-electron chi connectivity index (χ0n) is 19.6. The van der Waals surface area contributed by atoms with Crippen LogP contribution in [-0.2, 0) is 6.42 Å². The van der Waals surface area contributed by atoms with Gasteiger partial charge in [0.15, 0.2) is 11.6 Å². The first kappa shape index (κ1) is 24.6. The first-order valence-corrected chi connectivity index (χ1v) is 12.2. The fourth-order valence-corrected chi connectivity index (χ4v) is 5.61. The Morgan fingerprint density at radius 1 is 0.853 bits per heavy atom. The Morgan fingerprint density at radius 2 is 1.56 bits per heavy atom. The highest BCUT2D eigenvalue weighted by atomic mass is 19.2. The maximum absolute atomic E-state index is 15.0. The van der Waals surface area contributed by atoms with Gasteiger partial charge in [-0.25, -0.2) is 13.2 Å². The fourth-order valence-electron chi connectivity index (χ4n) is 5.61. The summed E-state index contributed by atoms with van der Waals surface area (Å²) in [5.74, 6) is -3.12. The van der Waals surface area contributed by atoms with E-state index in [1.807, 2.05) is 18.2 Å². The molecule has 2 unspecified atom stereocenters. The van der Waals surface area contributed by atoms with Crippen molar-refractivity contribution in [3.63, 3.8) is 0 Å². The Balaban J connectivity index is 1.37. The molecule has 182 valence electrons. The van der Waals surface area contributed by atoms with E-state index in [0.717, 1.165) is 31.2 Å². The van der Waals surface area contributed by atoms with Gasteiger partial charge in [0.25, 0.3) is 0 Å². The van der Waals surface area contributed by atoms with E-state index in [2.05, 4.69) is 6.58 Å². The molecule has 34 heavy (non-hydrogen) atoms. The van der Waals surface area contributed by atoms with Crippen LogP contribution in [0.2, 0.25) is 0 Å². The number of allylic oxidation sites excluding steroid dienone is 3. The number of aryl methyl sites for hydroxylation is 1. The van der Waals surface area contributed by atoms with Crippen molar-refractivity contribution in [3.05, 3.63) is 77.9 Å². The molecule has 2 aromatic carbocycles. The van der Waals surface area contributed by atoms with E-state index >= 15 is 0 Å². The van der Waals surface area contributed by atoms with E-state index in [-0.39, 0.29) is 23.1 Å². The number of hydrogen-bond acceptors (Lipinski definition) is 1. The number of ether oxygens (including phenoxy) is 1. The SMILES string of the molecule is C=CC1CCC(C2CCC(CCc3ccc(-c4ccc(OC)c(F)c4F)cc3)C(F)=C2F)CC1. The predicted octanol–water partition coefficient (Wildman–Crippen LogP) is 8.74. The Kier molecular flexibility index (Phi) is 7.80. The average molecular weight is 473 g/mol. The molecule has 2 aromatic rings. The molecule has 0 heterocycles. The zero-order chi connectivity index (χ0) is 24.2. The number of methoxy groups -OCH3 is 1. The second-order valence-electron chi connectivity index (χ2n) is 9.67. The molecule has 0 N–H and O–H groups in total. The zero-order valence-corrected chi connectivity index (χ0v) is 19.6. The molecule has 2 atom stereocenters. The number of rotatable bonds is 7. The maximum atomic E-state index is 15.0. The van der Waals surface area contributed by atoms with Gasteiger partial charge in [-0.15, -0.1) is 6.58 Å². The summed E-state index contributed by atoms with van der Waals surface area (Å²) in [5, 5.41) is 0. The third-order valence-corrected chi connectivity index (χ3v) is 7.77. The van der Waals surface area contributed by atoms with Gasteiger partial charge < -0.3 is 4.74 Å². The molecule has 0 bridgehead atoms. The summed E-state index contributed by atoms with van der Waals surface area (Å²) in [5.41, 5.74) is 1.66. The molecule has 5 heteroatoms. The Bertz CT molecular complexity index is 1030. The second-order valence-corrected chi connectivity index (χ2v) is 9.67. The van der Waals surface area contributed by atoms with Crippen LogP contribution in [0.5, 0.6) is 5.75 Å². The molecule has 2 aliphatic rings. The first-order chi connectivity index (χ1) is 16.4. The van der Waals surface area contributed by atoms with E-state index in [0.29, 0.717) is 37.2 Å². The molecule has 1 saturated carbocycles. The molecule has 0 radical (unpaired) electrons. The van der Waals surface area contributed by atoms with Crippen LogP contribution in [0.1, 0.15) is 50.5 Å². The van der Waals surface area contributed by atoms with Gasteiger partial charge in [-0.3, -0.25) is 0 Å². The topological polar surface area (TPSA) is 9.23 Å². The lowest BCUT2D eigenvalue weighted by molar-refractivity contribution is 0.178. The smallest absolute Gasteiger partial charge is 0.201 e.